The minimum absolute atomic E-state index is 0.750. The van der Waals surface area contributed by atoms with Crippen molar-refractivity contribution < 1.29 is 0 Å². The Morgan fingerprint density at radius 3 is 3.00 bits per heavy atom. The average molecular weight is 363 g/mol. The van der Waals surface area contributed by atoms with Gasteiger partial charge < -0.3 is 10.2 Å². The number of hydrazine groups is 1. The number of nitrogens with one attached hydrogen (secondary N) is 2. The predicted octanol–water partition coefficient (Wildman–Crippen LogP) is 2.59. The number of aliphatic imine (C=N–C) groups is 1. The minimum atomic E-state index is 0.750. The molecule has 0 spiro atoms. The second-order valence-corrected chi connectivity index (χ2v) is 7.06. The first kappa shape index (κ1) is 17.6. The van der Waals surface area contributed by atoms with Crippen LogP contribution >= 0.6 is 0 Å². The molecule has 0 atom stereocenters. The molecular weight excluding hydrogens is 338 g/mol. The number of aromatic nitrogens is 2. The van der Waals surface area contributed by atoms with Gasteiger partial charge in [-0.25, -0.2) is 15.4 Å². The predicted molar refractivity (Wildman–Crippen MR) is 110 cm³/mol. The van der Waals surface area contributed by atoms with Crippen LogP contribution in [-0.4, -0.2) is 59.9 Å². The molecular formula is C20H25N7. The Hall–Kier alpha value is -2.77. The van der Waals surface area contributed by atoms with Gasteiger partial charge in [0.1, 0.15) is 12.2 Å². The van der Waals surface area contributed by atoms with Gasteiger partial charge in [-0.3, -0.25) is 9.99 Å². The van der Waals surface area contributed by atoms with Crippen LogP contribution in [0.5, 0.6) is 0 Å². The van der Waals surface area contributed by atoms with E-state index in [0.29, 0.717) is 0 Å². The van der Waals surface area contributed by atoms with Gasteiger partial charge in [0.25, 0.3) is 0 Å². The summed E-state index contributed by atoms with van der Waals surface area (Å²) in [5.41, 5.74) is 8.73. The molecule has 2 aromatic heterocycles. The molecule has 0 radical (unpaired) electrons. The zero-order chi connectivity index (χ0) is 18.6. The van der Waals surface area contributed by atoms with E-state index in [1.54, 1.807) is 6.20 Å². The van der Waals surface area contributed by atoms with Crippen LogP contribution in [0, 0.1) is 0 Å². The monoisotopic (exact) mass is 363 g/mol. The molecule has 2 aliphatic heterocycles. The van der Waals surface area contributed by atoms with E-state index in [9.17, 15) is 0 Å². The minimum Gasteiger partial charge on any atom is -0.338 e. The van der Waals surface area contributed by atoms with Crippen molar-refractivity contribution in [3.05, 3.63) is 47.9 Å². The molecule has 7 heteroatoms. The number of pyridine rings is 2. The lowest BCUT2D eigenvalue weighted by atomic mass is 10.0. The Bertz CT molecular complexity index is 872. The zero-order valence-electron chi connectivity index (χ0n) is 15.8. The second-order valence-electron chi connectivity index (χ2n) is 7.06. The van der Waals surface area contributed by atoms with Crippen molar-refractivity contribution in [1.29, 1.82) is 0 Å². The summed E-state index contributed by atoms with van der Waals surface area (Å²) < 4.78 is 0. The molecule has 0 fully saturated rings. The summed E-state index contributed by atoms with van der Waals surface area (Å²) in [7, 11) is 4.22. The molecule has 0 aromatic carbocycles. The lowest BCUT2D eigenvalue weighted by Gasteiger charge is -2.27. The molecule has 4 rings (SSSR count). The van der Waals surface area contributed by atoms with Gasteiger partial charge in [-0.2, -0.15) is 0 Å². The second kappa shape index (κ2) is 7.85. The summed E-state index contributed by atoms with van der Waals surface area (Å²) in [5.74, 6) is 0.819. The number of rotatable bonds is 6. The Morgan fingerprint density at radius 2 is 2.11 bits per heavy atom. The number of hydrogen-bond donors (Lipinski definition) is 2. The normalized spacial score (nSPS) is 15.1. The van der Waals surface area contributed by atoms with Gasteiger partial charge in [-0.1, -0.05) is 0 Å². The van der Waals surface area contributed by atoms with Crippen LogP contribution in [-0.2, 0) is 0 Å². The number of nitrogens with zero attached hydrogens (tertiary/aromatic N) is 5. The molecule has 27 heavy (non-hydrogen) atoms. The van der Waals surface area contributed by atoms with Crippen LogP contribution < -0.4 is 10.7 Å². The maximum atomic E-state index is 4.77. The topological polar surface area (TPSA) is 68.7 Å². The fourth-order valence-corrected chi connectivity index (χ4v) is 3.39. The third kappa shape index (κ3) is 3.84. The molecule has 0 saturated carbocycles. The first-order valence-corrected chi connectivity index (χ1v) is 9.31. The number of unbranched alkanes of at least 4 members (excludes halogenated alkanes) is 1. The van der Waals surface area contributed by atoms with Crippen LogP contribution in [0.1, 0.15) is 24.0 Å². The van der Waals surface area contributed by atoms with Crippen molar-refractivity contribution in [2.24, 2.45) is 4.99 Å². The van der Waals surface area contributed by atoms with Crippen molar-refractivity contribution in [3.63, 3.8) is 0 Å². The molecule has 2 N–H and O–H groups in total. The SMILES string of the molecule is CN(C)CCCCNN1C=NC2=C(C1)c1ccncc1Nc1ncccc12. The lowest BCUT2D eigenvalue weighted by Crippen LogP contribution is -2.40. The van der Waals surface area contributed by atoms with E-state index >= 15 is 0 Å². The average Bonchev–Trinajstić information content (AvgIpc) is 2.82. The van der Waals surface area contributed by atoms with Gasteiger partial charge in [0.15, 0.2) is 0 Å². The van der Waals surface area contributed by atoms with Gasteiger partial charge in [-0.05, 0) is 51.7 Å². The van der Waals surface area contributed by atoms with Crippen molar-refractivity contribution in [1.82, 2.24) is 25.3 Å². The lowest BCUT2D eigenvalue weighted by molar-refractivity contribution is 0.331. The third-order valence-corrected chi connectivity index (χ3v) is 4.75. The number of anilines is 2. The molecule has 7 nitrogen and oxygen atoms in total. The molecule has 0 aliphatic carbocycles. The fraction of sp³-hybridized carbons (Fsp3) is 0.350. The highest BCUT2D eigenvalue weighted by Gasteiger charge is 2.25. The molecule has 2 aromatic rings. The van der Waals surface area contributed by atoms with E-state index in [1.165, 1.54) is 12.0 Å². The van der Waals surface area contributed by atoms with Crippen molar-refractivity contribution in [3.8, 4) is 0 Å². The summed E-state index contributed by atoms with van der Waals surface area (Å²) in [6.45, 7) is 2.79. The van der Waals surface area contributed by atoms with Gasteiger partial charge in [0.2, 0.25) is 0 Å². The highest BCUT2D eigenvalue weighted by Crippen LogP contribution is 2.40. The molecule has 140 valence electrons. The van der Waals surface area contributed by atoms with Gasteiger partial charge in [0.05, 0.1) is 24.1 Å². The van der Waals surface area contributed by atoms with Crippen LogP contribution in [0.3, 0.4) is 0 Å². The van der Waals surface area contributed by atoms with E-state index in [-0.39, 0.29) is 0 Å². The first-order valence-electron chi connectivity index (χ1n) is 9.31. The third-order valence-electron chi connectivity index (χ3n) is 4.75. The van der Waals surface area contributed by atoms with Crippen molar-refractivity contribution in [2.45, 2.75) is 12.8 Å². The van der Waals surface area contributed by atoms with E-state index in [0.717, 1.165) is 54.4 Å². The van der Waals surface area contributed by atoms with Crippen LogP contribution in [0.4, 0.5) is 11.5 Å². The molecule has 0 unspecified atom stereocenters. The molecule has 4 heterocycles. The summed E-state index contributed by atoms with van der Waals surface area (Å²) in [6, 6.07) is 6.05. The standard InChI is InChI=1S/C20H25N7/c1-26(2)11-4-3-9-24-27-13-17-15-7-10-21-12-18(15)25-20-16(6-5-8-22-20)19(17)23-14-27/h5-8,10,12,14,24H,3-4,9,11,13H2,1-2H3,(H,22,25). The Labute approximate surface area is 159 Å². The van der Waals surface area contributed by atoms with Crippen LogP contribution in [0.15, 0.2) is 41.8 Å². The van der Waals surface area contributed by atoms with E-state index in [2.05, 4.69) is 50.8 Å². The van der Waals surface area contributed by atoms with Gasteiger partial charge >= 0.3 is 0 Å². The largest absolute Gasteiger partial charge is 0.338 e. The summed E-state index contributed by atoms with van der Waals surface area (Å²) in [5, 5.41) is 5.48. The highest BCUT2D eigenvalue weighted by atomic mass is 15.5. The molecule has 0 bridgehead atoms. The first-order chi connectivity index (χ1) is 13.2. The Kier molecular flexibility index (Phi) is 5.13. The zero-order valence-corrected chi connectivity index (χ0v) is 15.8. The fourth-order valence-electron chi connectivity index (χ4n) is 3.39. The summed E-state index contributed by atoms with van der Waals surface area (Å²) in [4.78, 5) is 15.7. The van der Waals surface area contributed by atoms with Crippen LogP contribution in [0.25, 0.3) is 11.3 Å². The Morgan fingerprint density at radius 1 is 1.19 bits per heavy atom. The summed E-state index contributed by atoms with van der Waals surface area (Å²) >= 11 is 0. The number of fused-ring (bicyclic) bond motifs is 4. The van der Waals surface area contributed by atoms with Crippen LogP contribution in [0.2, 0.25) is 0 Å². The van der Waals surface area contributed by atoms with Gasteiger partial charge in [-0.15, -0.1) is 0 Å². The maximum absolute atomic E-state index is 4.77. The smallest absolute Gasteiger partial charge is 0.139 e. The van der Waals surface area contributed by atoms with E-state index < -0.39 is 0 Å². The molecule has 0 amide bonds. The van der Waals surface area contributed by atoms with Crippen molar-refractivity contribution >= 4 is 29.1 Å². The maximum Gasteiger partial charge on any atom is 0.139 e. The number of hydrogen-bond acceptors (Lipinski definition) is 7. The molecule has 2 aliphatic rings. The quantitative estimate of drug-likeness (QED) is 0.769. The Balaban J connectivity index is 1.55. The highest BCUT2D eigenvalue weighted by molar-refractivity contribution is 6.02. The molecule has 0 saturated heterocycles. The van der Waals surface area contributed by atoms with E-state index in [4.69, 9.17) is 4.99 Å². The summed E-state index contributed by atoms with van der Waals surface area (Å²) in [6.07, 6.45) is 9.65. The van der Waals surface area contributed by atoms with Crippen molar-refractivity contribution in [2.75, 3.05) is 39.0 Å². The van der Waals surface area contributed by atoms with Gasteiger partial charge in [0, 0.05) is 35.6 Å². The van der Waals surface area contributed by atoms with E-state index in [1.807, 2.05) is 30.9 Å².